The van der Waals surface area contributed by atoms with Crippen molar-refractivity contribution < 1.29 is 14.6 Å². The molecule has 4 N–H and O–H groups in total. The first-order valence-corrected chi connectivity index (χ1v) is 20.7. The molecule has 2 aliphatic heterocycles. The number of carbonyl (C=O) groups excluding carboxylic acids is 1. The number of hydrogen-bond acceptors (Lipinski definition) is 8. The van der Waals surface area contributed by atoms with E-state index in [1.54, 1.807) is 4.90 Å². The molecule has 296 valence electrons. The zero-order chi connectivity index (χ0) is 39.4. The molecule has 58 heavy (non-hydrogen) atoms. The molecule has 4 heterocycles. The summed E-state index contributed by atoms with van der Waals surface area (Å²) >= 11 is 0. The van der Waals surface area contributed by atoms with Crippen LogP contribution in [-0.4, -0.2) is 48.7 Å². The van der Waals surface area contributed by atoms with Crippen LogP contribution >= 0.6 is 0 Å². The van der Waals surface area contributed by atoms with Gasteiger partial charge in [-0.3, -0.25) is 14.5 Å². The fraction of sp³-hybridized carbons (Fsp3) is 0.383. The third-order valence-electron chi connectivity index (χ3n) is 13.7. The second kappa shape index (κ2) is 14.6. The van der Waals surface area contributed by atoms with Crippen molar-refractivity contribution >= 4 is 27.6 Å². The number of aliphatic hydroxyl groups excluding tert-OH is 1. The van der Waals surface area contributed by atoms with E-state index >= 15 is 0 Å². The van der Waals surface area contributed by atoms with Gasteiger partial charge in [-0.15, -0.1) is 0 Å². The molecule has 6 aromatic rings. The maximum atomic E-state index is 12.6. The zero-order valence-electron chi connectivity index (χ0n) is 32.5. The van der Waals surface area contributed by atoms with Gasteiger partial charge >= 0.3 is 6.09 Å². The van der Waals surface area contributed by atoms with E-state index in [-0.39, 0.29) is 34.8 Å². The summed E-state index contributed by atoms with van der Waals surface area (Å²) in [5.41, 5.74) is 7.72. The SMILES string of the molecule is O=C(OC1CC2(C1)CC(c1n[nH]c(=O)c3ccccc13)C2)N1Cc2ccccc2C1.O=c1[nH]nc(C2CC3(CC(O)C3)C2)c2ccccc12.c1ccc2c(c1)CNC2. The Morgan fingerprint density at radius 2 is 1.00 bits per heavy atom. The molecule has 2 spiro atoms. The van der Waals surface area contributed by atoms with Crippen LogP contribution < -0.4 is 16.4 Å². The smallest absolute Gasteiger partial charge is 0.410 e. The van der Waals surface area contributed by atoms with Crippen molar-refractivity contribution in [3.63, 3.8) is 0 Å². The largest absolute Gasteiger partial charge is 0.446 e. The Labute approximate surface area is 335 Å². The fourth-order valence-electron chi connectivity index (χ4n) is 10.8. The van der Waals surface area contributed by atoms with E-state index in [0.29, 0.717) is 35.7 Å². The van der Waals surface area contributed by atoms with Gasteiger partial charge in [-0.1, -0.05) is 84.9 Å². The average Bonchev–Trinajstić information content (AvgIpc) is 3.86. The maximum absolute atomic E-state index is 12.6. The quantitative estimate of drug-likeness (QED) is 0.146. The number of rotatable bonds is 3. The molecule has 2 aromatic heterocycles. The highest BCUT2D eigenvalue weighted by Crippen LogP contribution is 2.63. The molecule has 11 nitrogen and oxygen atoms in total. The van der Waals surface area contributed by atoms with Gasteiger partial charge in [0, 0.05) is 48.8 Å². The standard InChI is InChI=1S/C24H23N3O3.C15H16N2O2.C8H9N/c28-22-20-8-4-3-7-19(20)21(25-26-22)17-9-24(10-17)11-18(12-24)30-23(29)27-13-15-5-1-2-6-16(15)14-27;18-10-7-15(8-10)5-9(6-15)13-11-3-1-2-4-12(11)14(19)17-16-13;1-2-4-8-6-9-5-7(8)3-1/h1-8,17-18H,9-14H2,(H,26,28);1-4,9-10,18H,5-8H2,(H,17,19);1-4,9H,5-6H2. The van der Waals surface area contributed by atoms with Crippen LogP contribution in [0.1, 0.15) is 96.8 Å². The molecule has 4 fully saturated rings. The predicted octanol–water partition coefficient (Wildman–Crippen LogP) is 7.33. The Bertz CT molecular complexity index is 2580. The first-order chi connectivity index (χ1) is 28.2. The number of aromatic amines is 2. The minimum atomic E-state index is -0.199. The fourth-order valence-corrected chi connectivity index (χ4v) is 10.8. The van der Waals surface area contributed by atoms with Crippen molar-refractivity contribution in [1.82, 2.24) is 30.6 Å². The molecule has 6 aliphatic rings. The van der Waals surface area contributed by atoms with Gasteiger partial charge in [-0.2, -0.15) is 10.2 Å². The maximum Gasteiger partial charge on any atom is 0.410 e. The first-order valence-electron chi connectivity index (χ1n) is 20.7. The summed E-state index contributed by atoms with van der Waals surface area (Å²) in [5.74, 6) is 0.783. The Hall–Kier alpha value is -5.65. The molecule has 4 aliphatic carbocycles. The topological polar surface area (TPSA) is 153 Å². The van der Waals surface area contributed by atoms with Crippen LogP contribution in [0.4, 0.5) is 4.79 Å². The number of fused-ring (bicyclic) bond motifs is 4. The van der Waals surface area contributed by atoms with Crippen molar-refractivity contribution in [2.45, 2.75) is 102 Å². The molecule has 0 unspecified atom stereocenters. The monoisotopic (exact) mass is 776 g/mol. The average molecular weight is 777 g/mol. The first kappa shape index (κ1) is 36.7. The van der Waals surface area contributed by atoms with Gasteiger partial charge in [-0.25, -0.2) is 15.0 Å². The van der Waals surface area contributed by atoms with Crippen molar-refractivity contribution in [2.75, 3.05) is 0 Å². The van der Waals surface area contributed by atoms with Crippen molar-refractivity contribution in [3.8, 4) is 0 Å². The Morgan fingerprint density at radius 3 is 1.47 bits per heavy atom. The lowest BCUT2D eigenvalue weighted by Crippen LogP contribution is -2.51. The molecular formula is C47H48N6O5. The molecule has 4 saturated carbocycles. The van der Waals surface area contributed by atoms with E-state index < -0.39 is 0 Å². The number of benzene rings is 4. The summed E-state index contributed by atoms with van der Waals surface area (Å²) in [5, 5.41) is 30.0. The van der Waals surface area contributed by atoms with Gasteiger partial charge in [0.2, 0.25) is 0 Å². The highest BCUT2D eigenvalue weighted by molar-refractivity contribution is 5.84. The van der Waals surface area contributed by atoms with Crippen molar-refractivity contribution in [3.05, 3.63) is 151 Å². The number of aromatic nitrogens is 4. The third-order valence-corrected chi connectivity index (χ3v) is 13.7. The second-order valence-electron chi connectivity index (χ2n) is 17.7. The summed E-state index contributed by atoms with van der Waals surface area (Å²) in [6.45, 7) is 3.38. The number of carbonyl (C=O) groups is 1. The van der Waals surface area contributed by atoms with Gasteiger partial charge in [0.25, 0.3) is 11.1 Å². The van der Waals surface area contributed by atoms with Crippen molar-refractivity contribution in [2.24, 2.45) is 10.8 Å². The van der Waals surface area contributed by atoms with Crippen LogP contribution in [-0.2, 0) is 30.9 Å². The minimum absolute atomic E-state index is 0.0162. The van der Waals surface area contributed by atoms with E-state index in [0.717, 1.165) is 92.0 Å². The van der Waals surface area contributed by atoms with E-state index in [1.165, 1.54) is 22.3 Å². The number of nitrogens with one attached hydrogen (secondary N) is 3. The minimum Gasteiger partial charge on any atom is -0.446 e. The summed E-state index contributed by atoms with van der Waals surface area (Å²) < 4.78 is 5.78. The van der Waals surface area contributed by atoms with Crippen LogP contribution in [0.25, 0.3) is 21.5 Å². The zero-order valence-corrected chi connectivity index (χ0v) is 32.5. The lowest BCUT2D eigenvalue weighted by Gasteiger charge is -2.57. The molecule has 1 amide bonds. The Kier molecular flexibility index (Phi) is 9.25. The molecule has 12 rings (SSSR count). The number of amides is 1. The molecule has 0 atom stereocenters. The van der Waals surface area contributed by atoms with Gasteiger partial charge in [0.15, 0.2) is 0 Å². The number of H-pyrrole nitrogens is 2. The molecule has 0 radical (unpaired) electrons. The number of ether oxygens (including phenoxy) is 1. The van der Waals surface area contributed by atoms with Crippen LogP contribution in [0.3, 0.4) is 0 Å². The van der Waals surface area contributed by atoms with E-state index in [1.807, 2.05) is 60.7 Å². The normalized spacial score (nSPS) is 27.2. The molecule has 0 saturated heterocycles. The summed E-state index contributed by atoms with van der Waals surface area (Å²) in [7, 11) is 0. The summed E-state index contributed by atoms with van der Waals surface area (Å²) in [4.78, 5) is 38.1. The van der Waals surface area contributed by atoms with E-state index in [2.05, 4.69) is 62.1 Å². The van der Waals surface area contributed by atoms with Crippen LogP contribution in [0.5, 0.6) is 0 Å². The Morgan fingerprint density at radius 1 is 0.586 bits per heavy atom. The lowest BCUT2D eigenvalue weighted by molar-refractivity contribution is -0.103. The van der Waals surface area contributed by atoms with E-state index in [9.17, 15) is 19.5 Å². The van der Waals surface area contributed by atoms with Gasteiger partial charge in [0.1, 0.15) is 6.10 Å². The van der Waals surface area contributed by atoms with Gasteiger partial charge in [-0.05, 0) is 96.6 Å². The highest BCUT2D eigenvalue weighted by atomic mass is 16.6. The third kappa shape index (κ3) is 6.79. The molecular weight excluding hydrogens is 729 g/mol. The van der Waals surface area contributed by atoms with Gasteiger partial charge in [0.05, 0.1) is 28.3 Å². The molecule has 11 heteroatoms. The molecule has 0 bridgehead atoms. The lowest BCUT2D eigenvalue weighted by atomic mass is 9.50. The molecule has 4 aromatic carbocycles. The second-order valence-corrected chi connectivity index (χ2v) is 17.7. The highest BCUT2D eigenvalue weighted by Gasteiger charge is 2.56. The Balaban J connectivity index is 0.000000123. The number of aliphatic hydroxyl groups is 1. The van der Waals surface area contributed by atoms with Crippen LogP contribution in [0.2, 0.25) is 0 Å². The van der Waals surface area contributed by atoms with E-state index in [4.69, 9.17) is 4.74 Å². The summed E-state index contributed by atoms with van der Waals surface area (Å²) in [6.07, 6.45) is 7.71. The number of nitrogens with zero attached hydrogens (tertiary/aromatic N) is 3. The van der Waals surface area contributed by atoms with Crippen molar-refractivity contribution in [1.29, 1.82) is 0 Å². The predicted molar refractivity (Wildman–Crippen MR) is 221 cm³/mol. The van der Waals surface area contributed by atoms with Crippen LogP contribution in [0, 0.1) is 10.8 Å². The number of hydrogen-bond donors (Lipinski definition) is 4. The van der Waals surface area contributed by atoms with Crippen LogP contribution in [0.15, 0.2) is 107 Å². The van der Waals surface area contributed by atoms with Gasteiger partial charge < -0.3 is 15.2 Å². The summed E-state index contributed by atoms with van der Waals surface area (Å²) in [6, 6.07) is 32.0.